The van der Waals surface area contributed by atoms with Gasteiger partial charge >= 0.3 is 0 Å². The van der Waals surface area contributed by atoms with Crippen molar-refractivity contribution >= 4 is 34.7 Å². The van der Waals surface area contributed by atoms with Crippen LogP contribution in [0.3, 0.4) is 0 Å². The highest BCUT2D eigenvalue weighted by molar-refractivity contribution is 6.31. The lowest BCUT2D eigenvalue weighted by Gasteiger charge is -2.11. The van der Waals surface area contributed by atoms with E-state index in [-0.39, 0.29) is 12.7 Å². The molecule has 142 valence electrons. The number of pyridine rings is 1. The van der Waals surface area contributed by atoms with Gasteiger partial charge in [-0.05, 0) is 48.5 Å². The van der Waals surface area contributed by atoms with Crippen LogP contribution in [0.1, 0.15) is 10.4 Å². The SMILES string of the molecule is COc1ccc(Cl)cc1Nc1ccc(NC(=O)c2ccc3c(c2)OCO3)cn1. The Hall–Kier alpha value is -3.45. The van der Waals surface area contributed by atoms with Crippen molar-refractivity contribution in [3.05, 3.63) is 65.3 Å². The molecule has 0 unspecified atom stereocenters. The molecule has 0 fully saturated rings. The molecule has 0 radical (unpaired) electrons. The second-order valence-corrected chi connectivity index (χ2v) is 6.36. The quantitative estimate of drug-likeness (QED) is 0.661. The zero-order valence-corrected chi connectivity index (χ0v) is 15.6. The van der Waals surface area contributed by atoms with Crippen LogP contribution >= 0.6 is 11.6 Å². The molecule has 0 saturated carbocycles. The van der Waals surface area contributed by atoms with Crippen molar-refractivity contribution in [3.8, 4) is 17.2 Å². The summed E-state index contributed by atoms with van der Waals surface area (Å²) in [7, 11) is 1.58. The summed E-state index contributed by atoms with van der Waals surface area (Å²) in [4.78, 5) is 16.7. The monoisotopic (exact) mass is 397 g/mol. The minimum atomic E-state index is -0.266. The zero-order valence-electron chi connectivity index (χ0n) is 14.9. The number of methoxy groups -OCH3 is 1. The zero-order chi connectivity index (χ0) is 19.5. The summed E-state index contributed by atoms with van der Waals surface area (Å²) in [5.74, 6) is 2.15. The average Bonchev–Trinajstić information content (AvgIpc) is 3.17. The molecule has 1 aliphatic rings. The van der Waals surface area contributed by atoms with E-state index in [2.05, 4.69) is 15.6 Å². The molecule has 1 aromatic heterocycles. The van der Waals surface area contributed by atoms with Crippen molar-refractivity contribution in [2.45, 2.75) is 0 Å². The van der Waals surface area contributed by atoms with Crippen LogP contribution in [0.2, 0.25) is 5.02 Å². The van der Waals surface area contributed by atoms with Gasteiger partial charge in [0.25, 0.3) is 5.91 Å². The van der Waals surface area contributed by atoms with Crippen LogP contribution < -0.4 is 24.8 Å². The highest BCUT2D eigenvalue weighted by Crippen LogP contribution is 2.33. The van der Waals surface area contributed by atoms with Gasteiger partial charge in [-0.1, -0.05) is 11.6 Å². The van der Waals surface area contributed by atoms with Crippen LogP contribution in [0, 0.1) is 0 Å². The number of ether oxygens (including phenoxy) is 3. The van der Waals surface area contributed by atoms with Gasteiger partial charge in [0.15, 0.2) is 11.5 Å². The maximum absolute atomic E-state index is 12.4. The van der Waals surface area contributed by atoms with Crippen LogP contribution in [0.25, 0.3) is 0 Å². The van der Waals surface area contributed by atoms with Gasteiger partial charge in [-0.2, -0.15) is 0 Å². The van der Waals surface area contributed by atoms with Crippen molar-refractivity contribution in [3.63, 3.8) is 0 Å². The lowest BCUT2D eigenvalue weighted by Crippen LogP contribution is -2.12. The van der Waals surface area contributed by atoms with Crippen LogP contribution in [0.5, 0.6) is 17.2 Å². The first kappa shape index (κ1) is 17.9. The third-order valence-corrected chi connectivity index (χ3v) is 4.32. The lowest BCUT2D eigenvalue weighted by atomic mass is 10.2. The molecule has 1 amide bonds. The maximum Gasteiger partial charge on any atom is 0.255 e. The lowest BCUT2D eigenvalue weighted by molar-refractivity contribution is 0.102. The van der Waals surface area contributed by atoms with Crippen LogP contribution in [-0.4, -0.2) is 24.8 Å². The molecule has 2 heterocycles. The average molecular weight is 398 g/mol. The number of hydrogen-bond donors (Lipinski definition) is 2. The molecule has 0 aliphatic carbocycles. The predicted octanol–water partition coefficient (Wildman–Crippen LogP) is 4.47. The summed E-state index contributed by atoms with van der Waals surface area (Å²) in [6.07, 6.45) is 1.56. The van der Waals surface area contributed by atoms with Crippen LogP contribution in [0.15, 0.2) is 54.7 Å². The molecule has 8 heteroatoms. The first-order chi connectivity index (χ1) is 13.6. The van der Waals surface area contributed by atoms with Gasteiger partial charge in [0, 0.05) is 10.6 Å². The smallest absolute Gasteiger partial charge is 0.255 e. The molecular formula is C20H16ClN3O4. The van der Waals surface area contributed by atoms with Crippen LogP contribution in [-0.2, 0) is 0 Å². The molecule has 2 aromatic carbocycles. The number of hydrogen-bond acceptors (Lipinski definition) is 6. The molecule has 2 N–H and O–H groups in total. The number of halogens is 1. The Morgan fingerprint density at radius 2 is 1.96 bits per heavy atom. The number of carbonyl (C=O) groups is 1. The van der Waals surface area contributed by atoms with Gasteiger partial charge in [0.2, 0.25) is 6.79 Å². The number of rotatable bonds is 5. The minimum absolute atomic E-state index is 0.163. The highest BCUT2D eigenvalue weighted by Gasteiger charge is 2.16. The van der Waals surface area contributed by atoms with E-state index in [1.54, 1.807) is 61.8 Å². The third kappa shape index (κ3) is 3.79. The van der Waals surface area contributed by atoms with Crippen LogP contribution in [0.4, 0.5) is 17.2 Å². The molecule has 0 bridgehead atoms. The normalized spacial score (nSPS) is 11.8. The van der Waals surface area contributed by atoms with E-state index in [4.69, 9.17) is 25.8 Å². The molecule has 0 saturated heterocycles. The predicted molar refractivity (Wildman–Crippen MR) is 106 cm³/mol. The summed E-state index contributed by atoms with van der Waals surface area (Å²) >= 11 is 6.04. The van der Waals surface area contributed by atoms with E-state index < -0.39 is 0 Å². The molecule has 3 aromatic rings. The Morgan fingerprint density at radius 3 is 2.75 bits per heavy atom. The number of nitrogens with zero attached hydrogens (tertiary/aromatic N) is 1. The van der Waals surface area contributed by atoms with E-state index in [9.17, 15) is 4.79 Å². The number of amides is 1. The van der Waals surface area contributed by atoms with Gasteiger partial charge in [-0.3, -0.25) is 4.79 Å². The largest absolute Gasteiger partial charge is 0.495 e. The summed E-state index contributed by atoms with van der Waals surface area (Å²) in [5, 5.41) is 6.52. The topological polar surface area (TPSA) is 81.7 Å². The number of aromatic nitrogens is 1. The van der Waals surface area contributed by atoms with Gasteiger partial charge in [-0.15, -0.1) is 0 Å². The van der Waals surface area contributed by atoms with Crippen molar-refractivity contribution < 1.29 is 19.0 Å². The molecular weight excluding hydrogens is 382 g/mol. The minimum Gasteiger partial charge on any atom is -0.495 e. The Labute approximate surface area is 166 Å². The Bertz CT molecular complexity index is 1020. The Balaban J connectivity index is 1.45. The second kappa shape index (κ2) is 7.66. The number of anilines is 3. The summed E-state index contributed by atoms with van der Waals surface area (Å²) in [6, 6.07) is 13.8. The first-order valence-electron chi connectivity index (χ1n) is 8.40. The Morgan fingerprint density at radius 1 is 1.11 bits per heavy atom. The van der Waals surface area contributed by atoms with Crippen molar-refractivity contribution in [2.75, 3.05) is 24.5 Å². The summed E-state index contributed by atoms with van der Waals surface area (Å²) in [5.41, 5.74) is 1.72. The van der Waals surface area contributed by atoms with E-state index in [0.717, 1.165) is 0 Å². The number of fused-ring (bicyclic) bond motifs is 1. The number of nitrogens with one attached hydrogen (secondary N) is 2. The van der Waals surface area contributed by atoms with Gasteiger partial charge in [-0.25, -0.2) is 4.98 Å². The second-order valence-electron chi connectivity index (χ2n) is 5.92. The van der Waals surface area contributed by atoms with E-state index in [1.165, 1.54) is 0 Å². The fourth-order valence-corrected chi connectivity index (χ4v) is 2.87. The van der Waals surface area contributed by atoms with Crippen molar-refractivity contribution in [1.29, 1.82) is 0 Å². The Kier molecular flexibility index (Phi) is 4.90. The van der Waals surface area contributed by atoms with Crippen molar-refractivity contribution in [2.24, 2.45) is 0 Å². The number of benzene rings is 2. The fourth-order valence-electron chi connectivity index (χ4n) is 2.70. The molecule has 28 heavy (non-hydrogen) atoms. The first-order valence-corrected chi connectivity index (χ1v) is 8.78. The molecule has 0 atom stereocenters. The van der Waals surface area contributed by atoms with Gasteiger partial charge in [0.05, 0.1) is 24.7 Å². The van der Waals surface area contributed by atoms with Gasteiger partial charge < -0.3 is 24.8 Å². The van der Waals surface area contributed by atoms with E-state index in [0.29, 0.717) is 45.0 Å². The molecule has 1 aliphatic heterocycles. The fraction of sp³-hybridized carbons (Fsp3) is 0.100. The third-order valence-electron chi connectivity index (χ3n) is 4.08. The van der Waals surface area contributed by atoms with Crippen molar-refractivity contribution in [1.82, 2.24) is 4.98 Å². The maximum atomic E-state index is 12.4. The summed E-state index contributed by atoms with van der Waals surface area (Å²) in [6.45, 7) is 0.163. The van der Waals surface area contributed by atoms with E-state index in [1.807, 2.05) is 0 Å². The summed E-state index contributed by atoms with van der Waals surface area (Å²) < 4.78 is 15.9. The molecule has 4 rings (SSSR count). The standard InChI is InChI=1S/C20H16ClN3O4/c1-26-16-6-3-13(21)9-15(16)24-19-7-4-14(10-22-19)23-20(25)12-2-5-17-18(8-12)28-11-27-17/h2-10H,11H2,1H3,(H,22,24)(H,23,25). The van der Waals surface area contributed by atoms with Gasteiger partial charge in [0.1, 0.15) is 11.6 Å². The highest BCUT2D eigenvalue weighted by atomic mass is 35.5. The number of carbonyl (C=O) groups excluding carboxylic acids is 1. The molecule has 7 nitrogen and oxygen atoms in total. The van der Waals surface area contributed by atoms with E-state index >= 15 is 0 Å². The molecule has 0 spiro atoms.